The highest BCUT2D eigenvalue weighted by Gasteiger charge is 2.63. The van der Waals surface area contributed by atoms with Gasteiger partial charge in [-0.15, -0.1) is 0 Å². The van der Waals surface area contributed by atoms with Gasteiger partial charge in [0.25, 0.3) is 0 Å². The van der Waals surface area contributed by atoms with Gasteiger partial charge in [0.2, 0.25) is 0 Å². The zero-order chi connectivity index (χ0) is 14.7. The van der Waals surface area contributed by atoms with Crippen LogP contribution in [-0.2, 0) is 14.3 Å². The van der Waals surface area contributed by atoms with E-state index >= 15 is 0 Å². The number of ether oxygens (including phenoxy) is 1. The van der Waals surface area contributed by atoms with Crippen LogP contribution in [0.5, 0.6) is 0 Å². The van der Waals surface area contributed by atoms with Gasteiger partial charge in [0.15, 0.2) is 0 Å². The Bertz CT molecular complexity index is 436. The standard InChI is InChI=1S/C15H22O5/c1-7-11-9(17)5-15(2)10(18)4-3-8(6-16)12(15)13(11)20-14(7)19/h6-13,17-18H,3-5H2,1-2H3/t7-,8+,9-,10+,11+,12?,13-,15-/m0/s1. The molecule has 8 atom stereocenters. The molecule has 0 radical (unpaired) electrons. The summed E-state index contributed by atoms with van der Waals surface area (Å²) in [5.74, 6) is -1.29. The van der Waals surface area contributed by atoms with E-state index < -0.39 is 23.7 Å². The van der Waals surface area contributed by atoms with Crippen molar-refractivity contribution in [3.8, 4) is 0 Å². The highest BCUT2D eigenvalue weighted by Crippen LogP contribution is 2.57. The molecule has 2 aliphatic carbocycles. The van der Waals surface area contributed by atoms with E-state index in [1.54, 1.807) is 6.92 Å². The van der Waals surface area contributed by atoms with Gasteiger partial charge in [-0.25, -0.2) is 0 Å². The molecular formula is C15H22O5. The molecule has 1 unspecified atom stereocenters. The van der Waals surface area contributed by atoms with Crippen LogP contribution in [0.15, 0.2) is 0 Å². The Labute approximate surface area is 118 Å². The summed E-state index contributed by atoms with van der Waals surface area (Å²) in [6, 6.07) is 0. The Morgan fingerprint density at radius 2 is 2.05 bits per heavy atom. The van der Waals surface area contributed by atoms with E-state index in [9.17, 15) is 19.8 Å². The van der Waals surface area contributed by atoms with E-state index in [0.717, 1.165) is 6.29 Å². The van der Waals surface area contributed by atoms with E-state index in [1.165, 1.54) is 0 Å². The maximum atomic E-state index is 11.9. The molecule has 0 spiro atoms. The van der Waals surface area contributed by atoms with Crippen molar-refractivity contribution in [1.82, 2.24) is 0 Å². The molecule has 3 fully saturated rings. The summed E-state index contributed by atoms with van der Waals surface area (Å²) < 4.78 is 5.49. The fraction of sp³-hybridized carbons (Fsp3) is 0.867. The fourth-order valence-corrected chi connectivity index (χ4v) is 4.83. The lowest BCUT2D eigenvalue weighted by Crippen LogP contribution is -2.60. The summed E-state index contributed by atoms with van der Waals surface area (Å²) in [4.78, 5) is 23.3. The molecule has 1 aliphatic heterocycles. The molecule has 112 valence electrons. The number of carbonyl (C=O) groups is 2. The second-order valence-corrected chi connectivity index (χ2v) is 6.96. The average Bonchev–Trinajstić information content (AvgIpc) is 2.68. The minimum absolute atomic E-state index is 0.189. The topological polar surface area (TPSA) is 83.8 Å². The number of carbonyl (C=O) groups excluding carboxylic acids is 2. The quantitative estimate of drug-likeness (QED) is 0.541. The third-order valence-electron chi connectivity index (χ3n) is 5.96. The van der Waals surface area contributed by atoms with E-state index in [4.69, 9.17) is 4.74 Å². The molecule has 0 bridgehead atoms. The number of rotatable bonds is 1. The molecule has 0 aromatic carbocycles. The summed E-state index contributed by atoms with van der Waals surface area (Å²) in [6.45, 7) is 3.68. The molecule has 2 N–H and O–H groups in total. The summed E-state index contributed by atoms with van der Waals surface area (Å²) in [7, 11) is 0. The SMILES string of the molecule is C[C@@H]1C(=O)O[C@@H]2C3[C@@H](C=O)CC[C@@H](O)[C@]3(C)C[C@H](O)[C@@H]12. The second kappa shape index (κ2) is 4.53. The van der Waals surface area contributed by atoms with Crippen LogP contribution in [0.2, 0.25) is 0 Å². The minimum atomic E-state index is -0.664. The lowest BCUT2D eigenvalue weighted by Gasteiger charge is -2.55. The predicted molar refractivity (Wildman–Crippen MR) is 69.5 cm³/mol. The first-order valence-corrected chi connectivity index (χ1v) is 7.42. The second-order valence-electron chi connectivity index (χ2n) is 6.96. The van der Waals surface area contributed by atoms with E-state index in [1.807, 2.05) is 6.92 Å². The van der Waals surface area contributed by atoms with Crippen LogP contribution in [-0.4, -0.2) is 40.8 Å². The number of aliphatic hydroxyl groups excluding tert-OH is 2. The number of hydrogen-bond acceptors (Lipinski definition) is 5. The monoisotopic (exact) mass is 282 g/mol. The van der Waals surface area contributed by atoms with Crippen molar-refractivity contribution in [2.75, 3.05) is 0 Å². The lowest BCUT2D eigenvalue weighted by molar-refractivity contribution is -0.186. The summed E-state index contributed by atoms with van der Waals surface area (Å²) in [6.07, 6.45) is 0.861. The van der Waals surface area contributed by atoms with Crippen molar-refractivity contribution in [2.24, 2.45) is 29.1 Å². The van der Waals surface area contributed by atoms with Crippen molar-refractivity contribution >= 4 is 12.3 Å². The molecule has 3 rings (SSSR count). The predicted octanol–water partition coefficient (Wildman–Crippen LogP) is 0.521. The minimum Gasteiger partial charge on any atom is -0.461 e. The van der Waals surface area contributed by atoms with Crippen LogP contribution in [0.1, 0.15) is 33.1 Å². The van der Waals surface area contributed by atoms with Gasteiger partial charge < -0.3 is 19.7 Å². The van der Waals surface area contributed by atoms with Gasteiger partial charge in [-0.2, -0.15) is 0 Å². The van der Waals surface area contributed by atoms with Gasteiger partial charge in [-0.1, -0.05) is 13.8 Å². The maximum Gasteiger partial charge on any atom is 0.309 e. The normalized spacial score (nSPS) is 54.8. The molecule has 1 heterocycles. The van der Waals surface area contributed by atoms with Crippen molar-refractivity contribution in [1.29, 1.82) is 0 Å². The highest BCUT2D eigenvalue weighted by molar-refractivity contribution is 5.75. The van der Waals surface area contributed by atoms with Gasteiger partial charge in [0.05, 0.1) is 18.1 Å². The zero-order valence-electron chi connectivity index (χ0n) is 11.9. The smallest absolute Gasteiger partial charge is 0.309 e. The third-order valence-corrected chi connectivity index (χ3v) is 5.96. The first kappa shape index (κ1) is 14.0. The van der Waals surface area contributed by atoms with Crippen LogP contribution in [0.4, 0.5) is 0 Å². The fourth-order valence-electron chi connectivity index (χ4n) is 4.83. The van der Waals surface area contributed by atoms with Crippen LogP contribution in [0.25, 0.3) is 0 Å². The number of aliphatic hydroxyl groups is 2. The van der Waals surface area contributed by atoms with Crippen LogP contribution >= 0.6 is 0 Å². The molecule has 20 heavy (non-hydrogen) atoms. The van der Waals surface area contributed by atoms with E-state index in [-0.39, 0.29) is 29.6 Å². The number of hydrogen-bond donors (Lipinski definition) is 2. The van der Waals surface area contributed by atoms with Crippen molar-refractivity contribution < 1.29 is 24.5 Å². The van der Waals surface area contributed by atoms with E-state index in [0.29, 0.717) is 19.3 Å². The van der Waals surface area contributed by atoms with Crippen LogP contribution in [0, 0.1) is 29.1 Å². The molecule has 0 amide bonds. The Morgan fingerprint density at radius 3 is 2.70 bits per heavy atom. The van der Waals surface area contributed by atoms with Gasteiger partial charge in [0.1, 0.15) is 12.4 Å². The van der Waals surface area contributed by atoms with Gasteiger partial charge in [-0.05, 0) is 19.3 Å². The lowest BCUT2D eigenvalue weighted by atomic mass is 9.51. The number of aldehydes is 1. The van der Waals surface area contributed by atoms with E-state index in [2.05, 4.69) is 0 Å². The first-order valence-electron chi connectivity index (χ1n) is 7.42. The highest BCUT2D eigenvalue weighted by atomic mass is 16.6. The summed E-state index contributed by atoms with van der Waals surface area (Å²) >= 11 is 0. The number of esters is 1. The molecule has 1 saturated heterocycles. The molecule has 5 nitrogen and oxygen atoms in total. The van der Waals surface area contributed by atoms with Crippen molar-refractivity contribution in [3.63, 3.8) is 0 Å². The Morgan fingerprint density at radius 1 is 1.35 bits per heavy atom. The summed E-state index contributed by atoms with van der Waals surface area (Å²) in [5.41, 5.74) is -0.561. The third kappa shape index (κ3) is 1.69. The molecule has 5 heteroatoms. The van der Waals surface area contributed by atoms with Gasteiger partial charge in [0, 0.05) is 23.2 Å². The molecule has 3 aliphatic rings. The van der Waals surface area contributed by atoms with Crippen LogP contribution < -0.4 is 0 Å². The van der Waals surface area contributed by atoms with Crippen LogP contribution in [0.3, 0.4) is 0 Å². The largest absolute Gasteiger partial charge is 0.461 e. The Balaban J connectivity index is 2.02. The number of fused-ring (bicyclic) bond motifs is 3. The average molecular weight is 282 g/mol. The first-order chi connectivity index (χ1) is 9.40. The van der Waals surface area contributed by atoms with Gasteiger partial charge in [-0.3, -0.25) is 4.79 Å². The molecular weight excluding hydrogens is 260 g/mol. The Kier molecular flexibility index (Phi) is 3.18. The molecule has 0 aromatic rings. The molecule has 0 aromatic heterocycles. The summed E-state index contributed by atoms with van der Waals surface area (Å²) in [5, 5.41) is 20.8. The van der Waals surface area contributed by atoms with Crippen molar-refractivity contribution in [2.45, 2.75) is 51.4 Å². The Hall–Kier alpha value is -0.940. The maximum absolute atomic E-state index is 11.9. The van der Waals surface area contributed by atoms with Gasteiger partial charge >= 0.3 is 5.97 Å². The molecule has 2 saturated carbocycles. The van der Waals surface area contributed by atoms with Crippen molar-refractivity contribution in [3.05, 3.63) is 0 Å². The zero-order valence-corrected chi connectivity index (χ0v) is 11.9.